The average molecular weight is 379 g/mol. The second-order valence-corrected chi connectivity index (χ2v) is 6.29. The number of nitrogens with zero attached hydrogens (tertiary/aromatic N) is 7. The number of ether oxygens (including phenoxy) is 1. The molecule has 1 saturated heterocycles. The third kappa shape index (κ3) is 3.76. The van der Waals surface area contributed by atoms with Gasteiger partial charge in [0.2, 0.25) is 5.88 Å². The Morgan fingerprint density at radius 3 is 2.85 bits per heavy atom. The fourth-order valence-electron chi connectivity index (χ4n) is 3.10. The molecule has 0 aromatic carbocycles. The van der Waals surface area contributed by atoms with E-state index in [1.807, 2.05) is 4.90 Å². The lowest BCUT2D eigenvalue weighted by molar-refractivity contribution is -0.146. The van der Waals surface area contributed by atoms with E-state index in [1.54, 1.807) is 24.7 Å². The molecule has 1 atom stereocenters. The highest BCUT2D eigenvalue weighted by Crippen LogP contribution is 2.28. The Labute approximate surface area is 152 Å². The van der Waals surface area contributed by atoms with Crippen LogP contribution in [0.5, 0.6) is 5.88 Å². The van der Waals surface area contributed by atoms with Crippen molar-refractivity contribution in [3.8, 4) is 5.88 Å². The summed E-state index contributed by atoms with van der Waals surface area (Å²) in [6.07, 6.45) is 1.90. The Morgan fingerprint density at radius 1 is 1.19 bits per heavy atom. The number of fused-ring (bicyclic) bond motifs is 1. The van der Waals surface area contributed by atoms with Gasteiger partial charge in [0.25, 0.3) is 5.82 Å². The van der Waals surface area contributed by atoms with E-state index >= 15 is 0 Å². The van der Waals surface area contributed by atoms with Gasteiger partial charge in [-0.2, -0.15) is 17.7 Å². The predicted molar refractivity (Wildman–Crippen MR) is 88.2 cm³/mol. The molecule has 27 heavy (non-hydrogen) atoms. The topological polar surface area (TPSA) is 81.3 Å². The van der Waals surface area contributed by atoms with Crippen molar-refractivity contribution >= 4 is 11.5 Å². The first-order valence-corrected chi connectivity index (χ1v) is 8.44. The van der Waals surface area contributed by atoms with Gasteiger partial charge in [0.1, 0.15) is 5.82 Å². The van der Waals surface area contributed by atoms with Crippen molar-refractivity contribution in [1.82, 2.24) is 29.8 Å². The van der Waals surface area contributed by atoms with E-state index in [0.717, 1.165) is 17.4 Å². The highest BCUT2D eigenvalue weighted by Gasteiger charge is 2.38. The molecule has 8 nitrogen and oxygen atoms in total. The van der Waals surface area contributed by atoms with Crippen LogP contribution in [0.1, 0.15) is 18.7 Å². The lowest BCUT2D eigenvalue weighted by Crippen LogP contribution is -2.38. The minimum absolute atomic E-state index is 0.0608. The standard InChI is InChI=1S/C16H16F3N7O/c17-16(18,19)15-23-22-12-3-4-13(24-26(12)15)25-7-1-2-11(9-25)10-27-14-8-20-5-6-21-14/h3-6,8,11H,1-2,7,9-10H2. The normalized spacial score (nSPS) is 18.0. The van der Waals surface area contributed by atoms with E-state index in [0.29, 0.717) is 31.4 Å². The largest absolute Gasteiger partial charge is 0.476 e. The van der Waals surface area contributed by atoms with Crippen LogP contribution in [0.2, 0.25) is 0 Å². The summed E-state index contributed by atoms with van der Waals surface area (Å²) in [5.41, 5.74) is 0.0608. The molecule has 4 heterocycles. The lowest BCUT2D eigenvalue weighted by Gasteiger charge is -2.33. The van der Waals surface area contributed by atoms with Gasteiger partial charge >= 0.3 is 6.18 Å². The van der Waals surface area contributed by atoms with Gasteiger partial charge < -0.3 is 9.64 Å². The fraction of sp³-hybridized carbons (Fsp3) is 0.438. The van der Waals surface area contributed by atoms with Crippen molar-refractivity contribution in [3.63, 3.8) is 0 Å². The number of piperidine rings is 1. The van der Waals surface area contributed by atoms with Crippen LogP contribution in [0.15, 0.2) is 30.7 Å². The number of hydrogen-bond donors (Lipinski definition) is 0. The molecule has 0 saturated carbocycles. The van der Waals surface area contributed by atoms with Crippen LogP contribution < -0.4 is 9.64 Å². The molecule has 0 amide bonds. The van der Waals surface area contributed by atoms with Gasteiger partial charge in [-0.15, -0.1) is 15.3 Å². The van der Waals surface area contributed by atoms with Crippen LogP contribution in [0.25, 0.3) is 5.65 Å². The van der Waals surface area contributed by atoms with Crippen LogP contribution in [0.3, 0.4) is 0 Å². The number of anilines is 1. The third-order valence-electron chi connectivity index (χ3n) is 4.35. The molecule has 1 unspecified atom stereocenters. The monoisotopic (exact) mass is 379 g/mol. The molecule has 142 valence electrons. The molecule has 1 aliphatic rings. The van der Waals surface area contributed by atoms with Crippen molar-refractivity contribution in [1.29, 1.82) is 0 Å². The van der Waals surface area contributed by atoms with Crippen molar-refractivity contribution in [2.24, 2.45) is 5.92 Å². The first-order valence-electron chi connectivity index (χ1n) is 8.44. The van der Waals surface area contributed by atoms with Crippen molar-refractivity contribution < 1.29 is 17.9 Å². The minimum atomic E-state index is -4.61. The number of alkyl halides is 3. The Hall–Kier alpha value is -2.98. The SMILES string of the molecule is FC(F)(F)c1nnc2ccc(N3CCCC(COc4cnccn4)C3)nn12. The molecule has 0 spiro atoms. The maximum Gasteiger partial charge on any atom is 0.453 e. The summed E-state index contributed by atoms with van der Waals surface area (Å²) >= 11 is 0. The quantitative estimate of drug-likeness (QED) is 0.688. The van der Waals surface area contributed by atoms with Gasteiger partial charge in [-0.1, -0.05) is 0 Å². The number of hydrogen-bond acceptors (Lipinski definition) is 7. The molecule has 4 rings (SSSR count). The zero-order valence-electron chi connectivity index (χ0n) is 14.2. The van der Waals surface area contributed by atoms with Gasteiger partial charge in [0, 0.05) is 31.4 Å². The van der Waals surface area contributed by atoms with E-state index in [1.165, 1.54) is 6.07 Å². The second-order valence-electron chi connectivity index (χ2n) is 6.29. The van der Waals surface area contributed by atoms with Gasteiger partial charge in [-0.3, -0.25) is 4.98 Å². The number of halogens is 3. The zero-order chi connectivity index (χ0) is 18.9. The van der Waals surface area contributed by atoms with Crippen LogP contribution in [0, 0.1) is 5.92 Å². The van der Waals surface area contributed by atoms with Gasteiger partial charge in [0.15, 0.2) is 5.65 Å². The Morgan fingerprint density at radius 2 is 2.07 bits per heavy atom. The van der Waals surface area contributed by atoms with Crippen LogP contribution in [-0.4, -0.2) is 49.5 Å². The van der Waals surface area contributed by atoms with E-state index in [9.17, 15) is 13.2 Å². The van der Waals surface area contributed by atoms with Crippen LogP contribution in [-0.2, 0) is 6.18 Å². The van der Waals surface area contributed by atoms with Gasteiger partial charge in [-0.05, 0) is 25.0 Å². The Bertz CT molecular complexity index is 915. The smallest absolute Gasteiger partial charge is 0.453 e. The zero-order valence-corrected chi connectivity index (χ0v) is 14.2. The molecular weight excluding hydrogens is 363 g/mol. The van der Waals surface area contributed by atoms with Crippen molar-refractivity contribution in [3.05, 3.63) is 36.5 Å². The van der Waals surface area contributed by atoms with Crippen molar-refractivity contribution in [2.45, 2.75) is 19.0 Å². The van der Waals surface area contributed by atoms with Crippen molar-refractivity contribution in [2.75, 3.05) is 24.6 Å². The summed E-state index contributed by atoms with van der Waals surface area (Å²) in [6.45, 7) is 1.80. The minimum Gasteiger partial charge on any atom is -0.476 e. The maximum absolute atomic E-state index is 13.0. The molecule has 0 aliphatic carbocycles. The molecule has 3 aromatic rings. The first-order chi connectivity index (χ1) is 13.0. The molecule has 11 heteroatoms. The molecular formula is C16H16F3N7O. The van der Waals surface area contributed by atoms with Gasteiger partial charge in [-0.25, -0.2) is 4.98 Å². The number of aromatic nitrogens is 6. The summed E-state index contributed by atoms with van der Waals surface area (Å²) < 4.78 is 45.5. The van der Waals surface area contributed by atoms with E-state index in [4.69, 9.17) is 4.74 Å². The highest BCUT2D eigenvalue weighted by atomic mass is 19.4. The summed E-state index contributed by atoms with van der Waals surface area (Å²) in [5.74, 6) is -0.00868. The van der Waals surface area contributed by atoms with E-state index < -0.39 is 12.0 Å². The summed E-state index contributed by atoms with van der Waals surface area (Å²) in [4.78, 5) is 9.97. The molecule has 0 N–H and O–H groups in total. The Kier molecular flexibility index (Phi) is 4.50. The third-order valence-corrected chi connectivity index (χ3v) is 4.35. The van der Waals surface area contributed by atoms with Crippen LogP contribution >= 0.6 is 0 Å². The summed E-state index contributed by atoms with van der Waals surface area (Å²) in [7, 11) is 0. The molecule has 1 fully saturated rings. The summed E-state index contributed by atoms with van der Waals surface area (Å²) in [5, 5.41) is 10.8. The molecule has 1 aliphatic heterocycles. The molecule has 0 radical (unpaired) electrons. The Balaban J connectivity index is 1.49. The second kappa shape index (κ2) is 6.97. The highest BCUT2D eigenvalue weighted by molar-refractivity contribution is 5.46. The predicted octanol–water partition coefficient (Wildman–Crippen LogP) is 2.23. The van der Waals surface area contributed by atoms with Gasteiger partial charge in [0.05, 0.1) is 12.8 Å². The molecule has 0 bridgehead atoms. The number of rotatable bonds is 4. The maximum atomic E-state index is 13.0. The van der Waals surface area contributed by atoms with Crippen LogP contribution in [0.4, 0.5) is 19.0 Å². The lowest BCUT2D eigenvalue weighted by atomic mass is 9.99. The fourth-order valence-corrected chi connectivity index (χ4v) is 3.10. The van der Waals surface area contributed by atoms with E-state index in [-0.39, 0.29) is 11.6 Å². The molecule has 3 aromatic heterocycles. The average Bonchev–Trinajstić information content (AvgIpc) is 3.11. The first kappa shape index (κ1) is 17.4. The van der Waals surface area contributed by atoms with E-state index in [2.05, 4.69) is 25.3 Å². The summed E-state index contributed by atoms with van der Waals surface area (Å²) in [6, 6.07) is 3.15.